The highest BCUT2D eigenvalue weighted by Crippen LogP contribution is 2.33. The quantitative estimate of drug-likeness (QED) is 0.718. The van der Waals surface area contributed by atoms with Crippen LogP contribution in [0.4, 0.5) is 0 Å². The highest BCUT2D eigenvalue weighted by Gasteiger charge is 2.20. The summed E-state index contributed by atoms with van der Waals surface area (Å²) in [6, 6.07) is 10.6. The monoisotopic (exact) mass is 187 g/mol. The second-order valence-corrected chi connectivity index (χ2v) is 4.24. The molecule has 1 aromatic carbocycles. The fraction of sp³-hybridized carbons (Fsp3) is 0.385. The van der Waals surface area contributed by atoms with Gasteiger partial charge in [0.1, 0.15) is 0 Å². The SMILES string of the molecule is CC1CC=C(N)C(c2ccccc2)C1. The maximum Gasteiger partial charge on any atom is 0.0235 e. The van der Waals surface area contributed by atoms with Gasteiger partial charge in [0, 0.05) is 11.6 Å². The molecule has 1 aliphatic rings. The molecule has 2 atom stereocenters. The topological polar surface area (TPSA) is 26.0 Å². The van der Waals surface area contributed by atoms with Gasteiger partial charge in [-0.3, -0.25) is 0 Å². The van der Waals surface area contributed by atoms with Gasteiger partial charge >= 0.3 is 0 Å². The van der Waals surface area contributed by atoms with Gasteiger partial charge in [0.25, 0.3) is 0 Å². The van der Waals surface area contributed by atoms with E-state index in [1.807, 2.05) is 0 Å². The van der Waals surface area contributed by atoms with Crippen molar-refractivity contribution in [1.29, 1.82) is 0 Å². The summed E-state index contributed by atoms with van der Waals surface area (Å²) in [6.45, 7) is 2.29. The van der Waals surface area contributed by atoms with E-state index in [9.17, 15) is 0 Å². The van der Waals surface area contributed by atoms with Crippen molar-refractivity contribution in [1.82, 2.24) is 0 Å². The lowest BCUT2D eigenvalue weighted by molar-refractivity contribution is 0.471. The Morgan fingerprint density at radius 2 is 1.93 bits per heavy atom. The molecule has 14 heavy (non-hydrogen) atoms. The van der Waals surface area contributed by atoms with Crippen molar-refractivity contribution in [3.63, 3.8) is 0 Å². The van der Waals surface area contributed by atoms with Crippen LogP contribution in [0.5, 0.6) is 0 Å². The predicted octanol–water partition coefficient (Wildman–Crippen LogP) is 3.04. The first-order valence-electron chi connectivity index (χ1n) is 5.28. The van der Waals surface area contributed by atoms with Crippen molar-refractivity contribution >= 4 is 0 Å². The van der Waals surface area contributed by atoms with Crippen LogP contribution in [-0.2, 0) is 0 Å². The Hall–Kier alpha value is -1.24. The lowest BCUT2D eigenvalue weighted by atomic mass is 9.81. The van der Waals surface area contributed by atoms with Gasteiger partial charge in [-0.1, -0.05) is 43.3 Å². The minimum Gasteiger partial charge on any atom is -0.402 e. The van der Waals surface area contributed by atoms with Crippen molar-refractivity contribution in [3.8, 4) is 0 Å². The summed E-state index contributed by atoms with van der Waals surface area (Å²) in [5.74, 6) is 1.20. The van der Waals surface area contributed by atoms with E-state index in [0.717, 1.165) is 18.0 Å². The van der Waals surface area contributed by atoms with Crippen LogP contribution >= 0.6 is 0 Å². The summed E-state index contributed by atoms with van der Waals surface area (Å²) in [5, 5.41) is 0. The average molecular weight is 187 g/mol. The standard InChI is InChI=1S/C13H17N/c1-10-7-8-13(14)12(9-10)11-5-3-2-4-6-11/h2-6,8,10,12H,7,9,14H2,1H3. The third-order valence-electron chi connectivity index (χ3n) is 3.00. The van der Waals surface area contributed by atoms with Crippen LogP contribution in [0, 0.1) is 5.92 Å². The average Bonchev–Trinajstić information content (AvgIpc) is 2.23. The first kappa shape index (κ1) is 9.32. The minimum absolute atomic E-state index is 0.444. The molecular formula is C13H17N. The molecule has 0 radical (unpaired) electrons. The largest absolute Gasteiger partial charge is 0.402 e. The highest BCUT2D eigenvalue weighted by molar-refractivity contribution is 5.29. The molecule has 0 aromatic heterocycles. The van der Waals surface area contributed by atoms with E-state index in [4.69, 9.17) is 5.73 Å². The van der Waals surface area contributed by atoms with E-state index in [0.29, 0.717) is 5.92 Å². The summed E-state index contributed by atoms with van der Waals surface area (Å²) in [7, 11) is 0. The lowest BCUT2D eigenvalue weighted by Crippen LogP contribution is -2.17. The molecule has 1 aliphatic carbocycles. The lowest BCUT2D eigenvalue weighted by Gasteiger charge is -2.26. The Labute approximate surface area is 85.6 Å². The Bertz CT molecular complexity index is 326. The van der Waals surface area contributed by atoms with Gasteiger partial charge in [-0.05, 0) is 24.3 Å². The molecule has 1 nitrogen and oxygen atoms in total. The fourth-order valence-electron chi connectivity index (χ4n) is 2.13. The first-order valence-corrected chi connectivity index (χ1v) is 5.28. The van der Waals surface area contributed by atoms with Crippen LogP contribution in [0.25, 0.3) is 0 Å². The molecule has 0 spiro atoms. The maximum atomic E-state index is 6.03. The summed E-state index contributed by atoms with van der Waals surface area (Å²) < 4.78 is 0. The van der Waals surface area contributed by atoms with Gasteiger partial charge < -0.3 is 5.73 Å². The number of rotatable bonds is 1. The molecule has 0 aliphatic heterocycles. The Kier molecular flexibility index (Phi) is 2.58. The second kappa shape index (κ2) is 3.87. The Balaban J connectivity index is 2.26. The number of allylic oxidation sites excluding steroid dienone is 2. The summed E-state index contributed by atoms with van der Waals surface area (Å²) >= 11 is 0. The van der Waals surface area contributed by atoms with Crippen LogP contribution < -0.4 is 5.73 Å². The molecule has 0 heterocycles. The van der Waals surface area contributed by atoms with E-state index < -0.39 is 0 Å². The smallest absolute Gasteiger partial charge is 0.0235 e. The molecule has 2 unspecified atom stereocenters. The number of nitrogens with two attached hydrogens (primary N) is 1. The summed E-state index contributed by atoms with van der Waals surface area (Å²) in [4.78, 5) is 0. The molecule has 1 heteroatoms. The second-order valence-electron chi connectivity index (χ2n) is 4.24. The van der Waals surface area contributed by atoms with Crippen molar-refractivity contribution in [2.24, 2.45) is 11.7 Å². The minimum atomic E-state index is 0.444. The molecule has 1 aromatic rings. The van der Waals surface area contributed by atoms with Crippen molar-refractivity contribution in [2.75, 3.05) is 0 Å². The van der Waals surface area contributed by atoms with E-state index in [2.05, 4.69) is 43.3 Å². The van der Waals surface area contributed by atoms with Crippen LogP contribution in [0.3, 0.4) is 0 Å². The molecule has 0 fully saturated rings. The van der Waals surface area contributed by atoms with Crippen molar-refractivity contribution in [2.45, 2.75) is 25.7 Å². The van der Waals surface area contributed by atoms with E-state index in [-0.39, 0.29) is 0 Å². The van der Waals surface area contributed by atoms with Gasteiger partial charge in [0.2, 0.25) is 0 Å². The number of hydrogen-bond acceptors (Lipinski definition) is 1. The van der Waals surface area contributed by atoms with E-state index in [1.165, 1.54) is 12.0 Å². The molecule has 0 saturated carbocycles. The van der Waals surface area contributed by atoms with Crippen molar-refractivity contribution < 1.29 is 0 Å². The Morgan fingerprint density at radius 1 is 1.21 bits per heavy atom. The third kappa shape index (κ3) is 1.82. The zero-order valence-corrected chi connectivity index (χ0v) is 8.61. The summed E-state index contributed by atoms with van der Waals surface area (Å²) in [5.41, 5.74) is 8.44. The molecule has 0 bridgehead atoms. The zero-order valence-electron chi connectivity index (χ0n) is 8.61. The van der Waals surface area contributed by atoms with Gasteiger partial charge in [0.15, 0.2) is 0 Å². The van der Waals surface area contributed by atoms with Crippen LogP contribution in [0.15, 0.2) is 42.1 Å². The zero-order chi connectivity index (χ0) is 9.97. The van der Waals surface area contributed by atoms with Crippen LogP contribution in [0.2, 0.25) is 0 Å². The number of hydrogen-bond donors (Lipinski definition) is 1. The Morgan fingerprint density at radius 3 is 2.64 bits per heavy atom. The molecule has 0 saturated heterocycles. The molecule has 2 N–H and O–H groups in total. The molecular weight excluding hydrogens is 170 g/mol. The van der Waals surface area contributed by atoms with Gasteiger partial charge in [0.05, 0.1) is 0 Å². The maximum absolute atomic E-state index is 6.03. The molecule has 74 valence electrons. The highest BCUT2D eigenvalue weighted by atomic mass is 14.6. The predicted molar refractivity (Wildman–Crippen MR) is 59.9 cm³/mol. The van der Waals surface area contributed by atoms with Crippen LogP contribution in [0.1, 0.15) is 31.2 Å². The summed E-state index contributed by atoms with van der Waals surface area (Å²) in [6.07, 6.45) is 4.51. The fourth-order valence-corrected chi connectivity index (χ4v) is 2.13. The first-order chi connectivity index (χ1) is 6.77. The molecule has 2 rings (SSSR count). The number of benzene rings is 1. The molecule has 0 amide bonds. The van der Waals surface area contributed by atoms with Gasteiger partial charge in [-0.2, -0.15) is 0 Å². The van der Waals surface area contributed by atoms with E-state index >= 15 is 0 Å². The third-order valence-corrected chi connectivity index (χ3v) is 3.00. The van der Waals surface area contributed by atoms with E-state index in [1.54, 1.807) is 0 Å². The van der Waals surface area contributed by atoms with Gasteiger partial charge in [-0.15, -0.1) is 0 Å². The van der Waals surface area contributed by atoms with Crippen molar-refractivity contribution in [3.05, 3.63) is 47.7 Å². The van der Waals surface area contributed by atoms with Gasteiger partial charge in [-0.25, -0.2) is 0 Å². The normalized spacial score (nSPS) is 27.1. The van der Waals surface area contributed by atoms with Crippen LogP contribution in [-0.4, -0.2) is 0 Å².